The van der Waals surface area contributed by atoms with Crippen LogP contribution in [0.15, 0.2) is 24.3 Å². The number of rotatable bonds is 39. The Kier molecular flexibility index (Phi) is 41.4. The topological polar surface area (TPSA) is 6.48 Å². The molecular formula is C42H84N2S2. The average molecular weight is 681 g/mol. The first-order chi connectivity index (χ1) is 22.7. The largest absolute Gasteiger partial charge is 0.306 e. The van der Waals surface area contributed by atoms with Crippen molar-refractivity contribution >= 4 is 21.6 Å². The Balaban J connectivity index is 3.30. The van der Waals surface area contributed by atoms with E-state index in [2.05, 4.69) is 83.6 Å². The highest BCUT2D eigenvalue weighted by atomic mass is 33.1. The molecule has 0 aliphatic rings. The van der Waals surface area contributed by atoms with Crippen molar-refractivity contribution in [3.05, 3.63) is 24.3 Å². The minimum Gasteiger partial charge on any atom is -0.306 e. The molecule has 0 unspecified atom stereocenters. The minimum atomic E-state index is 1.23. The van der Waals surface area contributed by atoms with E-state index in [0.29, 0.717) is 0 Å². The monoisotopic (exact) mass is 681 g/mol. The lowest BCUT2D eigenvalue weighted by Gasteiger charge is -2.17. The van der Waals surface area contributed by atoms with Crippen molar-refractivity contribution in [3.63, 3.8) is 0 Å². The zero-order valence-corrected chi connectivity index (χ0v) is 33.7. The van der Waals surface area contributed by atoms with Gasteiger partial charge in [0.05, 0.1) is 0 Å². The van der Waals surface area contributed by atoms with Gasteiger partial charge in [-0.2, -0.15) is 0 Å². The van der Waals surface area contributed by atoms with E-state index in [1.807, 2.05) is 0 Å². The smallest absolute Gasteiger partial charge is 0.0165 e. The molecule has 4 heteroatoms. The van der Waals surface area contributed by atoms with Crippen molar-refractivity contribution in [2.45, 2.75) is 194 Å². The van der Waals surface area contributed by atoms with Crippen molar-refractivity contribution in [3.8, 4) is 0 Å². The third-order valence-corrected chi connectivity index (χ3v) is 11.7. The van der Waals surface area contributed by atoms with Gasteiger partial charge >= 0.3 is 0 Å². The van der Waals surface area contributed by atoms with E-state index >= 15 is 0 Å². The van der Waals surface area contributed by atoms with Crippen LogP contribution in [0.2, 0.25) is 0 Å². The predicted molar refractivity (Wildman–Crippen MR) is 219 cm³/mol. The second kappa shape index (κ2) is 41.3. The molecule has 0 heterocycles. The third-order valence-electron chi connectivity index (χ3n) is 9.30. The Morgan fingerprint density at radius 1 is 0.326 bits per heavy atom. The van der Waals surface area contributed by atoms with E-state index in [9.17, 15) is 0 Å². The minimum absolute atomic E-state index is 1.23. The highest BCUT2D eigenvalue weighted by molar-refractivity contribution is 8.76. The molecule has 0 saturated carbocycles. The van der Waals surface area contributed by atoms with E-state index in [4.69, 9.17) is 0 Å². The maximum absolute atomic E-state index is 2.54. The fourth-order valence-corrected chi connectivity index (χ4v) is 8.15. The van der Waals surface area contributed by atoms with Gasteiger partial charge in [-0.05, 0) is 91.4 Å². The van der Waals surface area contributed by atoms with Gasteiger partial charge in [-0.3, -0.25) is 0 Å². The third kappa shape index (κ3) is 40.3. The summed E-state index contributed by atoms with van der Waals surface area (Å²) < 4.78 is 0. The van der Waals surface area contributed by atoms with Crippen LogP contribution in [0.3, 0.4) is 0 Å². The predicted octanol–water partition coefficient (Wildman–Crippen LogP) is 14.3. The van der Waals surface area contributed by atoms with Crippen LogP contribution in [0.25, 0.3) is 0 Å². The molecule has 0 rings (SSSR count). The molecule has 0 amide bonds. The molecule has 0 aliphatic carbocycles. The van der Waals surface area contributed by atoms with Gasteiger partial charge in [0.2, 0.25) is 0 Å². The van der Waals surface area contributed by atoms with E-state index < -0.39 is 0 Å². The normalized spacial score (nSPS) is 12.2. The molecule has 2 nitrogen and oxygen atoms in total. The molecule has 274 valence electrons. The van der Waals surface area contributed by atoms with Crippen LogP contribution in [-0.2, 0) is 0 Å². The highest BCUT2D eigenvalue weighted by Gasteiger charge is 2.02. The summed E-state index contributed by atoms with van der Waals surface area (Å²) >= 11 is 0. The van der Waals surface area contributed by atoms with Crippen molar-refractivity contribution < 1.29 is 0 Å². The number of hydrogen-bond donors (Lipinski definition) is 0. The van der Waals surface area contributed by atoms with Crippen LogP contribution >= 0.6 is 21.6 Å². The number of nitrogens with zero attached hydrogens (tertiary/aromatic N) is 2. The Bertz CT molecular complexity index is 556. The van der Waals surface area contributed by atoms with Gasteiger partial charge in [0.15, 0.2) is 0 Å². The molecule has 0 N–H and O–H groups in total. The molecule has 0 aromatic heterocycles. The van der Waals surface area contributed by atoms with Gasteiger partial charge in [-0.15, -0.1) is 0 Å². The fourth-order valence-electron chi connectivity index (χ4n) is 5.99. The maximum Gasteiger partial charge on any atom is 0.0165 e. The van der Waals surface area contributed by atoms with Crippen LogP contribution < -0.4 is 0 Å². The van der Waals surface area contributed by atoms with E-state index in [-0.39, 0.29) is 0 Å². The molecule has 0 spiro atoms. The molecule has 0 atom stereocenters. The summed E-state index contributed by atoms with van der Waals surface area (Å²) in [4.78, 5) is 5.09. The second-order valence-corrected chi connectivity index (χ2v) is 16.8. The quantitative estimate of drug-likeness (QED) is 0.0362. The molecule has 0 radical (unpaired) electrons. The van der Waals surface area contributed by atoms with Crippen molar-refractivity contribution in [1.82, 2.24) is 9.80 Å². The first-order valence-corrected chi connectivity index (χ1v) is 23.1. The van der Waals surface area contributed by atoms with Crippen LogP contribution in [0.5, 0.6) is 0 Å². The molecule has 46 heavy (non-hydrogen) atoms. The van der Waals surface area contributed by atoms with Crippen LogP contribution in [0, 0.1) is 0 Å². The van der Waals surface area contributed by atoms with Gasteiger partial charge in [-0.1, -0.05) is 175 Å². The molecule has 0 fully saturated rings. The highest BCUT2D eigenvalue weighted by Crippen LogP contribution is 2.21. The Morgan fingerprint density at radius 2 is 0.587 bits per heavy atom. The van der Waals surface area contributed by atoms with Gasteiger partial charge in [0.1, 0.15) is 0 Å². The summed E-state index contributed by atoms with van der Waals surface area (Å²) in [6.45, 7) is 9.59. The Hall–Kier alpha value is 0.100. The zero-order valence-electron chi connectivity index (χ0n) is 32.1. The second-order valence-electron chi connectivity index (χ2n) is 14.1. The van der Waals surface area contributed by atoms with Crippen LogP contribution in [-0.4, -0.2) is 61.6 Å². The molecular weight excluding hydrogens is 597 g/mol. The molecule has 0 saturated heterocycles. The first kappa shape index (κ1) is 46.1. The summed E-state index contributed by atoms with van der Waals surface area (Å²) in [6, 6.07) is 0. The lowest BCUT2D eigenvalue weighted by molar-refractivity contribution is 0.343. The molecule has 0 aromatic rings. The van der Waals surface area contributed by atoms with Crippen molar-refractivity contribution in [2.24, 2.45) is 0 Å². The van der Waals surface area contributed by atoms with Crippen molar-refractivity contribution in [2.75, 3.05) is 51.8 Å². The standard InChI is InChI=1S/C42H84N2S2/c1-5-7-9-11-13-15-17-19-21-23-25-27-29-31-33-35-37-43(3)39-41-45-46-42-40-44(4)38-36-34-32-30-28-26-24-22-20-18-16-14-12-10-8-6-2/h19-22H,5-18,23-42H2,1-4H3/b21-19-,22-20-. The van der Waals surface area contributed by atoms with Crippen LogP contribution in [0.1, 0.15) is 194 Å². The summed E-state index contributed by atoms with van der Waals surface area (Å²) in [5.74, 6) is 2.51. The van der Waals surface area contributed by atoms with E-state index in [1.54, 1.807) is 0 Å². The van der Waals surface area contributed by atoms with E-state index in [0.717, 1.165) is 0 Å². The average Bonchev–Trinajstić information content (AvgIpc) is 3.06. The Morgan fingerprint density at radius 3 is 0.891 bits per heavy atom. The summed E-state index contributed by atoms with van der Waals surface area (Å²) in [7, 11) is 8.77. The number of unbranched alkanes of at least 4 members (excludes halogenated alkanes) is 24. The van der Waals surface area contributed by atoms with Gasteiger partial charge in [0.25, 0.3) is 0 Å². The van der Waals surface area contributed by atoms with Gasteiger partial charge in [0, 0.05) is 24.6 Å². The first-order valence-electron chi connectivity index (χ1n) is 20.6. The van der Waals surface area contributed by atoms with Crippen molar-refractivity contribution in [1.29, 1.82) is 0 Å². The zero-order chi connectivity index (χ0) is 33.4. The fraction of sp³-hybridized carbons (Fsp3) is 0.905. The summed E-state index contributed by atoms with van der Waals surface area (Å²) in [6.07, 6.45) is 48.7. The van der Waals surface area contributed by atoms with Gasteiger partial charge in [-0.25, -0.2) is 0 Å². The molecule has 0 aliphatic heterocycles. The summed E-state index contributed by atoms with van der Waals surface area (Å²) in [5, 5.41) is 0. The SMILES string of the molecule is CCCCCCCC/C=C\CCCCCCCCN(C)CCSSCCN(C)CCCCCCCC/C=C\CCCCCCCC. The van der Waals surface area contributed by atoms with E-state index in [1.165, 1.54) is 217 Å². The number of allylic oxidation sites excluding steroid dienone is 4. The number of hydrogen-bond acceptors (Lipinski definition) is 4. The molecule has 0 aromatic carbocycles. The van der Waals surface area contributed by atoms with Gasteiger partial charge < -0.3 is 9.80 Å². The lowest BCUT2D eigenvalue weighted by atomic mass is 10.1. The van der Waals surface area contributed by atoms with Crippen LogP contribution in [0.4, 0.5) is 0 Å². The maximum atomic E-state index is 2.54. The lowest BCUT2D eigenvalue weighted by Crippen LogP contribution is -2.23. The molecule has 0 bridgehead atoms. The Labute approximate surface area is 299 Å². The summed E-state index contributed by atoms with van der Waals surface area (Å²) in [5.41, 5.74) is 0.